The van der Waals surface area contributed by atoms with Crippen molar-refractivity contribution in [3.63, 3.8) is 0 Å². The summed E-state index contributed by atoms with van der Waals surface area (Å²) in [6, 6.07) is 7.47. The second-order valence-electron chi connectivity index (χ2n) is 5.76. The van der Waals surface area contributed by atoms with Gasteiger partial charge in [-0.3, -0.25) is 4.98 Å². The Balaban J connectivity index is 1.75. The topological polar surface area (TPSA) is 63.7 Å². The van der Waals surface area contributed by atoms with Crippen LogP contribution in [-0.2, 0) is 13.0 Å². The van der Waals surface area contributed by atoms with E-state index in [2.05, 4.69) is 10.3 Å². The number of rotatable bonds is 3. The lowest BCUT2D eigenvalue weighted by Gasteiger charge is -2.29. The molecule has 0 fully saturated rings. The first-order valence-corrected chi connectivity index (χ1v) is 7.83. The number of nitrogens with one attached hydrogen (secondary N) is 1. The van der Waals surface area contributed by atoms with E-state index in [0.29, 0.717) is 18.8 Å². The molecule has 24 heavy (non-hydrogen) atoms. The number of pyridine rings is 1. The Hall–Kier alpha value is -2.76. The summed E-state index contributed by atoms with van der Waals surface area (Å²) in [6.07, 6.45) is 2.48. The molecule has 6 nitrogen and oxygen atoms in total. The molecule has 2 aromatic rings. The fraction of sp³-hybridized carbons (Fsp3) is 0.333. The van der Waals surface area contributed by atoms with E-state index in [1.54, 1.807) is 31.4 Å². The van der Waals surface area contributed by atoms with Gasteiger partial charge in [-0.1, -0.05) is 0 Å². The molecule has 1 aliphatic heterocycles. The van der Waals surface area contributed by atoms with Gasteiger partial charge in [0.05, 0.1) is 14.2 Å². The van der Waals surface area contributed by atoms with Crippen LogP contribution in [0, 0.1) is 6.92 Å². The van der Waals surface area contributed by atoms with Gasteiger partial charge in [-0.05, 0) is 48.7 Å². The third-order valence-electron chi connectivity index (χ3n) is 4.15. The van der Waals surface area contributed by atoms with Crippen molar-refractivity contribution in [1.82, 2.24) is 9.88 Å². The van der Waals surface area contributed by atoms with E-state index in [1.807, 2.05) is 25.1 Å². The highest BCUT2D eigenvalue weighted by Gasteiger charge is 2.23. The summed E-state index contributed by atoms with van der Waals surface area (Å²) in [4.78, 5) is 18.4. The van der Waals surface area contributed by atoms with Crippen molar-refractivity contribution >= 4 is 11.7 Å². The molecule has 0 radical (unpaired) electrons. The zero-order valence-corrected chi connectivity index (χ0v) is 14.1. The molecule has 2 amide bonds. The molecule has 6 heteroatoms. The highest BCUT2D eigenvalue weighted by atomic mass is 16.5. The van der Waals surface area contributed by atoms with Gasteiger partial charge in [0.15, 0.2) is 11.5 Å². The van der Waals surface area contributed by atoms with Crippen molar-refractivity contribution in [3.8, 4) is 11.5 Å². The maximum atomic E-state index is 12.5. The fourth-order valence-corrected chi connectivity index (χ4v) is 2.88. The van der Waals surface area contributed by atoms with Crippen LogP contribution in [0.25, 0.3) is 0 Å². The maximum Gasteiger partial charge on any atom is 0.322 e. The molecule has 0 aliphatic carbocycles. The summed E-state index contributed by atoms with van der Waals surface area (Å²) < 4.78 is 10.7. The summed E-state index contributed by atoms with van der Waals surface area (Å²) in [5, 5.41) is 2.93. The van der Waals surface area contributed by atoms with Gasteiger partial charge in [0.2, 0.25) is 0 Å². The minimum atomic E-state index is -0.110. The number of benzene rings is 1. The van der Waals surface area contributed by atoms with E-state index in [0.717, 1.165) is 29.1 Å². The number of hydrogen-bond donors (Lipinski definition) is 1. The Labute approximate surface area is 141 Å². The van der Waals surface area contributed by atoms with Crippen LogP contribution in [0.1, 0.15) is 16.8 Å². The largest absolute Gasteiger partial charge is 0.493 e. The normalized spacial score (nSPS) is 13.2. The molecule has 0 spiro atoms. The van der Waals surface area contributed by atoms with Crippen LogP contribution in [0.4, 0.5) is 10.5 Å². The maximum absolute atomic E-state index is 12.5. The van der Waals surface area contributed by atoms with E-state index in [4.69, 9.17) is 9.47 Å². The number of hydrogen-bond acceptors (Lipinski definition) is 4. The number of ether oxygens (including phenoxy) is 2. The van der Waals surface area contributed by atoms with Crippen LogP contribution in [0.5, 0.6) is 11.5 Å². The van der Waals surface area contributed by atoms with Gasteiger partial charge in [0.25, 0.3) is 0 Å². The van der Waals surface area contributed by atoms with Crippen molar-refractivity contribution < 1.29 is 14.3 Å². The van der Waals surface area contributed by atoms with Crippen molar-refractivity contribution in [2.24, 2.45) is 0 Å². The minimum absolute atomic E-state index is 0.110. The average molecular weight is 327 g/mol. The molecule has 0 saturated heterocycles. The van der Waals surface area contributed by atoms with Gasteiger partial charge in [0, 0.05) is 30.7 Å². The molecule has 1 N–H and O–H groups in total. The molecule has 0 atom stereocenters. The van der Waals surface area contributed by atoms with Crippen molar-refractivity contribution in [2.45, 2.75) is 19.9 Å². The van der Waals surface area contributed by atoms with Crippen LogP contribution >= 0.6 is 0 Å². The molecule has 0 unspecified atom stereocenters. The smallest absolute Gasteiger partial charge is 0.322 e. The highest BCUT2D eigenvalue weighted by Crippen LogP contribution is 2.33. The third-order valence-corrected chi connectivity index (χ3v) is 4.15. The monoisotopic (exact) mass is 327 g/mol. The molecule has 126 valence electrons. The number of carbonyl (C=O) groups excluding carboxylic acids is 1. The van der Waals surface area contributed by atoms with Gasteiger partial charge in [-0.15, -0.1) is 0 Å². The van der Waals surface area contributed by atoms with Gasteiger partial charge in [0.1, 0.15) is 0 Å². The van der Waals surface area contributed by atoms with E-state index in [-0.39, 0.29) is 6.03 Å². The standard InChI is InChI=1S/C18H21N3O3/c1-12-8-15(4-6-19-12)20-18(22)21-7-5-13-9-16(23-2)17(24-3)10-14(13)11-21/h4,6,8-10H,5,7,11H2,1-3H3,(H,19,20,22). The number of nitrogens with zero attached hydrogens (tertiary/aromatic N) is 2. The first-order valence-electron chi connectivity index (χ1n) is 7.83. The van der Waals surface area contributed by atoms with Gasteiger partial charge < -0.3 is 19.7 Å². The molecule has 0 saturated carbocycles. The molecule has 3 rings (SSSR count). The first kappa shape index (κ1) is 16.1. The summed E-state index contributed by atoms with van der Waals surface area (Å²) in [5.74, 6) is 1.41. The molecule has 2 heterocycles. The van der Waals surface area contributed by atoms with Gasteiger partial charge >= 0.3 is 6.03 Å². The van der Waals surface area contributed by atoms with E-state index >= 15 is 0 Å². The number of anilines is 1. The van der Waals surface area contributed by atoms with Crippen LogP contribution in [-0.4, -0.2) is 36.7 Å². The number of aromatic nitrogens is 1. The predicted molar refractivity (Wildman–Crippen MR) is 91.7 cm³/mol. The van der Waals surface area contributed by atoms with Crippen LogP contribution in [0.3, 0.4) is 0 Å². The molecular formula is C18H21N3O3. The number of aryl methyl sites for hydroxylation is 1. The minimum Gasteiger partial charge on any atom is -0.493 e. The zero-order valence-electron chi connectivity index (χ0n) is 14.1. The van der Waals surface area contributed by atoms with E-state index < -0.39 is 0 Å². The lowest BCUT2D eigenvalue weighted by molar-refractivity contribution is 0.206. The SMILES string of the molecule is COc1cc2c(cc1OC)CN(C(=O)Nc1ccnc(C)c1)CC2. The number of urea groups is 1. The van der Waals surface area contributed by atoms with Gasteiger partial charge in [-0.25, -0.2) is 4.79 Å². The van der Waals surface area contributed by atoms with Crippen molar-refractivity contribution in [1.29, 1.82) is 0 Å². The third kappa shape index (κ3) is 3.27. The lowest BCUT2D eigenvalue weighted by atomic mass is 9.99. The van der Waals surface area contributed by atoms with Crippen LogP contribution in [0.2, 0.25) is 0 Å². The Morgan fingerprint density at radius 2 is 1.88 bits per heavy atom. The number of methoxy groups -OCH3 is 2. The predicted octanol–water partition coefficient (Wildman–Crippen LogP) is 3.00. The quantitative estimate of drug-likeness (QED) is 0.941. The van der Waals surface area contributed by atoms with Crippen LogP contribution < -0.4 is 14.8 Å². The Morgan fingerprint density at radius 3 is 2.54 bits per heavy atom. The number of carbonyl (C=O) groups is 1. The average Bonchev–Trinajstić information content (AvgIpc) is 2.59. The molecule has 1 aliphatic rings. The molecular weight excluding hydrogens is 306 g/mol. The Bertz CT molecular complexity index is 761. The van der Waals surface area contributed by atoms with Gasteiger partial charge in [-0.2, -0.15) is 0 Å². The Kier molecular flexibility index (Phi) is 4.55. The summed E-state index contributed by atoms with van der Waals surface area (Å²) in [7, 11) is 3.24. The molecule has 1 aromatic heterocycles. The fourth-order valence-electron chi connectivity index (χ4n) is 2.88. The molecule has 1 aromatic carbocycles. The van der Waals surface area contributed by atoms with E-state index in [9.17, 15) is 4.79 Å². The zero-order chi connectivity index (χ0) is 17.1. The van der Waals surface area contributed by atoms with Crippen LogP contribution in [0.15, 0.2) is 30.5 Å². The van der Waals surface area contributed by atoms with E-state index in [1.165, 1.54) is 5.56 Å². The van der Waals surface area contributed by atoms with Crippen molar-refractivity contribution in [3.05, 3.63) is 47.3 Å². The molecule has 0 bridgehead atoms. The lowest BCUT2D eigenvalue weighted by Crippen LogP contribution is -2.38. The second-order valence-corrected chi connectivity index (χ2v) is 5.76. The number of fused-ring (bicyclic) bond motifs is 1. The summed E-state index contributed by atoms with van der Waals surface area (Å²) >= 11 is 0. The summed E-state index contributed by atoms with van der Waals surface area (Å²) in [5.41, 5.74) is 3.90. The summed E-state index contributed by atoms with van der Waals surface area (Å²) in [6.45, 7) is 3.11. The van der Waals surface area contributed by atoms with Crippen molar-refractivity contribution in [2.75, 3.05) is 26.1 Å². The Morgan fingerprint density at radius 1 is 1.17 bits per heavy atom. The number of amides is 2. The second kappa shape index (κ2) is 6.78. The first-order chi connectivity index (χ1) is 11.6. The highest BCUT2D eigenvalue weighted by molar-refractivity contribution is 5.89.